The molecule has 0 aliphatic rings. The normalized spacial score (nSPS) is 8.80. The lowest BCUT2D eigenvalue weighted by Gasteiger charge is -2.05. The Kier molecular flexibility index (Phi) is 3.98. The second kappa shape index (κ2) is 5.50. The number of rotatable bonds is 3. The Morgan fingerprint density at radius 3 is 2.67 bits per heavy atom. The van der Waals surface area contributed by atoms with Crippen LogP contribution in [0.15, 0.2) is 24.3 Å². The van der Waals surface area contributed by atoms with Gasteiger partial charge in [0, 0.05) is 12.7 Å². The first-order chi connectivity index (χ1) is 7.26. The summed E-state index contributed by atoms with van der Waals surface area (Å²) in [5.74, 6) is 0.596. The number of nitriles is 1. The van der Waals surface area contributed by atoms with Crippen molar-refractivity contribution in [1.82, 2.24) is 5.32 Å². The minimum absolute atomic E-state index is 0.0161. The van der Waals surface area contributed by atoms with Crippen molar-refractivity contribution >= 4 is 11.7 Å². The van der Waals surface area contributed by atoms with Gasteiger partial charge in [0.15, 0.2) is 6.61 Å². The van der Waals surface area contributed by atoms with E-state index in [1.54, 1.807) is 31.3 Å². The molecular weight excluding hydrogens is 194 g/mol. The molecule has 2 amide bonds. The molecule has 0 spiro atoms. The molecule has 1 aromatic rings. The maximum atomic E-state index is 10.9. The molecule has 15 heavy (non-hydrogen) atoms. The first kappa shape index (κ1) is 10.9. The third-order valence-corrected chi connectivity index (χ3v) is 1.64. The molecule has 1 aromatic carbocycles. The van der Waals surface area contributed by atoms with Crippen LogP contribution in [-0.2, 0) is 0 Å². The van der Waals surface area contributed by atoms with Crippen LogP contribution in [0.5, 0.6) is 5.75 Å². The largest absolute Gasteiger partial charge is 0.479 e. The van der Waals surface area contributed by atoms with Crippen LogP contribution in [0.2, 0.25) is 0 Å². The topological polar surface area (TPSA) is 74.2 Å². The summed E-state index contributed by atoms with van der Waals surface area (Å²) in [5, 5.41) is 13.3. The summed E-state index contributed by atoms with van der Waals surface area (Å²) in [7, 11) is 1.54. The Balaban J connectivity index is 2.57. The van der Waals surface area contributed by atoms with Crippen LogP contribution in [0.4, 0.5) is 10.5 Å². The average Bonchev–Trinajstić information content (AvgIpc) is 2.28. The lowest BCUT2D eigenvalue weighted by Crippen LogP contribution is -2.24. The second-order valence-electron chi connectivity index (χ2n) is 2.68. The second-order valence-corrected chi connectivity index (χ2v) is 2.68. The van der Waals surface area contributed by atoms with Gasteiger partial charge in [-0.3, -0.25) is 0 Å². The average molecular weight is 205 g/mol. The molecule has 2 N–H and O–H groups in total. The molecule has 78 valence electrons. The van der Waals surface area contributed by atoms with Crippen molar-refractivity contribution < 1.29 is 9.53 Å². The van der Waals surface area contributed by atoms with E-state index in [1.807, 2.05) is 6.07 Å². The molecule has 0 heterocycles. The van der Waals surface area contributed by atoms with E-state index in [9.17, 15) is 4.79 Å². The predicted molar refractivity (Wildman–Crippen MR) is 55.6 cm³/mol. The van der Waals surface area contributed by atoms with Crippen molar-refractivity contribution in [1.29, 1.82) is 5.26 Å². The molecule has 0 atom stereocenters. The summed E-state index contributed by atoms with van der Waals surface area (Å²) in [6, 6.07) is 8.35. The maximum absolute atomic E-state index is 10.9. The zero-order valence-corrected chi connectivity index (χ0v) is 8.28. The van der Waals surface area contributed by atoms with Crippen molar-refractivity contribution in [3.63, 3.8) is 0 Å². The molecular formula is C10H11N3O2. The molecule has 5 heteroatoms. The maximum Gasteiger partial charge on any atom is 0.318 e. The van der Waals surface area contributed by atoms with Crippen LogP contribution in [0.25, 0.3) is 0 Å². The van der Waals surface area contributed by atoms with Gasteiger partial charge in [-0.25, -0.2) is 4.79 Å². The Morgan fingerprint density at radius 1 is 1.47 bits per heavy atom. The van der Waals surface area contributed by atoms with Crippen LogP contribution >= 0.6 is 0 Å². The SMILES string of the molecule is CNC(=O)Nc1ccc(OCC#N)cc1. The molecule has 0 bridgehead atoms. The summed E-state index contributed by atoms with van der Waals surface area (Å²) in [4.78, 5) is 10.9. The zero-order valence-electron chi connectivity index (χ0n) is 8.28. The van der Waals surface area contributed by atoms with Gasteiger partial charge >= 0.3 is 6.03 Å². The van der Waals surface area contributed by atoms with E-state index in [0.29, 0.717) is 11.4 Å². The van der Waals surface area contributed by atoms with E-state index >= 15 is 0 Å². The molecule has 0 aromatic heterocycles. The number of carbonyl (C=O) groups is 1. The fraction of sp³-hybridized carbons (Fsp3) is 0.200. The number of benzene rings is 1. The summed E-state index contributed by atoms with van der Waals surface area (Å²) in [6.45, 7) is 0.0161. The number of amides is 2. The van der Waals surface area contributed by atoms with Gasteiger partial charge in [0.2, 0.25) is 0 Å². The Bertz CT molecular complexity index is 367. The van der Waals surface area contributed by atoms with Gasteiger partial charge in [0.05, 0.1) is 0 Å². The predicted octanol–water partition coefficient (Wildman–Crippen LogP) is 1.34. The van der Waals surface area contributed by atoms with Gasteiger partial charge < -0.3 is 15.4 Å². The monoisotopic (exact) mass is 205 g/mol. The highest BCUT2D eigenvalue weighted by Crippen LogP contribution is 2.15. The van der Waals surface area contributed by atoms with E-state index in [1.165, 1.54) is 0 Å². The molecule has 0 radical (unpaired) electrons. The van der Waals surface area contributed by atoms with Crippen LogP contribution in [-0.4, -0.2) is 19.7 Å². The zero-order chi connectivity index (χ0) is 11.1. The van der Waals surface area contributed by atoms with Crippen molar-refractivity contribution in [2.24, 2.45) is 0 Å². The van der Waals surface area contributed by atoms with E-state index in [4.69, 9.17) is 10.00 Å². The van der Waals surface area contributed by atoms with Gasteiger partial charge in [-0.05, 0) is 24.3 Å². The highest BCUT2D eigenvalue weighted by atomic mass is 16.5. The van der Waals surface area contributed by atoms with E-state index in [-0.39, 0.29) is 12.6 Å². The number of anilines is 1. The lowest BCUT2D eigenvalue weighted by molar-refractivity contribution is 0.254. The Hall–Kier alpha value is -2.22. The van der Waals surface area contributed by atoms with Crippen molar-refractivity contribution in [2.45, 2.75) is 0 Å². The minimum Gasteiger partial charge on any atom is -0.479 e. The molecule has 0 fully saturated rings. The molecule has 0 aliphatic carbocycles. The third-order valence-electron chi connectivity index (χ3n) is 1.64. The molecule has 0 unspecified atom stereocenters. The number of nitrogens with zero attached hydrogens (tertiary/aromatic N) is 1. The van der Waals surface area contributed by atoms with Crippen molar-refractivity contribution in [2.75, 3.05) is 19.0 Å². The van der Waals surface area contributed by atoms with Gasteiger partial charge in [-0.1, -0.05) is 0 Å². The number of hydrogen-bond donors (Lipinski definition) is 2. The lowest BCUT2D eigenvalue weighted by atomic mass is 10.3. The number of hydrogen-bond acceptors (Lipinski definition) is 3. The quantitative estimate of drug-likeness (QED) is 0.781. The molecule has 0 saturated carbocycles. The number of ether oxygens (including phenoxy) is 1. The number of urea groups is 1. The summed E-state index contributed by atoms with van der Waals surface area (Å²) < 4.78 is 5.05. The first-order valence-corrected chi connectivity index (χ1v) is 4.35. The Labute approximate surface area is 87.7 Å². The van der Waals surface area contributed by atoms with Crippen LogP contribution in [0.1, 0.15) is 0 Å². The van der Waals surface area contributed by atoms with Crippen LogP contribution < -0.4 is 15.4 Å². The van der Waals surface area contributed by atoms with Gasteiger partial charge in [0.25, 0.3) is 0 Å². The first-order valence-electron chi connectivity index (χ1n) is 4.35. The van der Waals surface area contributed by atoms with Crippen LogP contribution in [0, 0.1) is 11.3 Å². The van der Waals surface area contributed by atoms with E-state index < -0.39 is 0 Å². The van der Waals surface area contributed by atoms with Gasteiger partial charge in [0.1, 0.15) is 11.8 Å². The highest BCUT2D eigenvalue weighted by molar-refractivity contribution is 5.88. The molecule has 1 rings (SSSR count). The van der Waals surface area contributed by atoms with Crippen molar-refractivity contribution in [3.05, 3.63) is 24.3 Å². The summed E-state index contributed by atoms with van der Waals surface area (Å²) in [6.07, 6.45) is 0. The Morgan fingerprint density at radius 2 is 2.13 bits per heavy atom. The number of carbonyl (C=O) groups excluding carboxylic acids is 1. The van der Waals surface area contributed by atoms with E-state index in [2.05, 4.69) is 10.6 Å². The minimum atomic E-state index is -0.277. The van der Waals surface area contributed by atoms with Crippen LogP contribution in [0.3, 0.4) is 0 Å². The molecule has 5 nitrogen and oxygen atoms in total. The smallest absolute Gasteiger partial charge is 0.318 e. The molecule has 0 aliphatic heterocycles. The fourth-order valence-electron chi connectivity index (χ4n) is 0.944. The standard InChI is InChI=1S/C10H11N3O2/c1-12-10(14)13-8-2-4-9(5-3-8)15-7-6-11/h2-5H,7H2,1H3,(H2,12,13,14). The fourth-order valence-corrected chi connectivity index (χ4v) is 0.944. The summed E-state index contributed by atoms with van der Waals surface area (Å²) >= 11 is 0. The third kappa shape index (κ3) is 3.56. The van der Waals surface area contributed by atoms with Crippen molar-refractivity contribution in [3.8, 4) is 11.8 Å². The molecule has 0 saturated heterocycles. The van der Waals surface area contributed by atoms with E-state index in [0.717, 1.165) is 0 Å². The highest BCUT2D eigenvalue weighted by Gasteiger charge is 1.98. The van der Waals surface area contributed by atoms with Gasteiger partial charge in [-0.15, -0.1) is 0 Å². The van der Waals surface area contributed by atoms with Gasteiger partial charge in [-0.2, -0.15) is 5.26 Å². The number of nitrogens with one attached hydrogen (secondary N) is 2. The summed E-state index contributed by atoms with van der Waals surface area (Å²) in [5.41, 5.74) is 0.665.